The van der Waals surface area contributed by atoms with Gasteiger partial charge in [0.2, 0.25) is 0 Å². The summed E-state index contributed by atoms with van der Waals surface area (Å²) < 4.78 is 2.25. The molecule has 1 atom stereocenters. The van der Waals surface area contributed by atoms with E-state index in [4.69, 9.17) is 0 Å². The molecule has 1 rings (SSSR count). The zero-order valence-corrected chi connectivity index (χ0v) is 13.7. The fraction of sp³-hybridized carbons (Fsp3) is 0.812. The molecule has 0 aliphatic rings. The van der Waals surface area contributed by atoms with Gasteiger partial charge in [-0.25, -0.2) is 4.98 Å². The molecule has 20 heavy (non-hydrogen) atoms. The van der Waals surface area contributed by atoms with Crippen LogP contribution >= 0.6 is 0 Å². The predicted molar refractivity (Wildman–Crippen MR) is 85.8 cm³/mol. The van der Waals surface area contributed by atoms with Crippen molar-refractivity contribution >= 4 is 0 Å². The van der Waals surface area contributed by atoms with Crippen molar-refractivity contribution in [1.82, 2.24) is 19.8 Å². The molecule has 1 aromatic rings. The lowest BCUT2D eigenvalue weighted by atomic mass is 10.1. The van der Waals surface area contributed by atoms with Gasteiger partial charge in [-0.1, -0.05) is 20.8 Å². The minimum absolute atomic E-state index is 0.553. The smallest absolute Gasteiger partial charge is 0.122 e. The fourth-order valence-corrected chi connectivity index (χ4v) is 2.48. The standard InChI is InChI=1S/C16H32N4/c1-5-11-20-13-10-17-16(20)14-18-15(4)9-8-12-19(6-2)7-3/h10,13,15,18H,5-9,11-12,14H2,1-4H3. The maximum Gasteiger partial charge on any atom is 0.122 e. The lowest BCUT2D eigenvalue weighted by Gasteiger charge is -2.19. The Labute approximate surface area is 124 Å². The summed E-state index contributed by atoms with van der Waals surface area (Å²) in [6.07, 6.45) is 7.62. The van der Waals surface area contributed by atoms with Crippen molar-refractivity contribution in [1.29, 1.82) is 0 Å². The van der Waals surface area contributed by atoms with Gasteiger partial charge in [-0.05, 0) is 45.8 Å². The lowest BCUT2D eigenvalue weighted by molar-refractivity contribution is 0.290. The number of hydrogen-bond acceptors (Lipinski definition) is 3. The summed E-state index contributed by atoms with van der Waals surface area (Å²) in [4.78, 5) is 6.92. The van der Waals surface area contributed by atoms with E-state index < -0.39 is 0 Å². The van der Waals surface area contributed by atoms with Crippen molar-refractivity contribution in [2.45, 2.75) is 66.1 Å². The molecule has 4 nitrogen and oxygen atoms in total. The van der Waals surface area contributed by atoms with Crippen LogP contribution in [0.25, 0.3) is 0 Å². The molecule has 0 spiro atoms. The molecule has 0 aliphatic carbocycles. The molecule has 0 radical (unpaired) electrons. The summed E-state index contributed by atoms with van der Waals surface area (Å²) in [6, 6.07) is 0.553. The second-order valence-corrected chi connectivity index (χ2v) is 5.49. The number of rotatable bonds is 11. The van der Waals surface area contributed by atoms with E-state index in [1.807, 2.05) is 6.20 Å². The maximum atomic E-state index is 4.43. The highest BCUT2D eigenvalue weighted by molar-refractivity contribution is 4.92. The van der Waals surface area contributed by atoms with E-state index in [-0.39, 0.29) is 0 Å². The van der Waals surface area contributed by atoms with Gasteiger partial charge in [-0.2, -0.15) is 0 Å². The third-order valence-corrected chi connectivity index (χ3v) is 3.88. The zero-order valence-electron chi connectivity index (χ0n) is 13.7. The number of hydrogen-bond donors (Lipinski definition) is 1. The van der Waals surface area contributed by atoms with E-state index in [1.54, 1.807) is 0 Å². The van der Waals surface area contributed by atoms with Crippen LogP contribution in [-0.2, 0) is 13.1 Å². The molecule has 0 amide bonds. The monoisotopic (exact) mass is 280 g/mol. The van der Waals surface area contributed by atoms with Crippen LogP contribution in [0.5, 0.6) is 0 Å². The van der Waals surface area contributed by atoms with Crippen LogP contribution in [0.2, 0.25) is 0 Å². The molecule has 0 saturated carbocycles. The van der Waals surface area contributed by atoms with Crippen molar-refractivity contribution in [3.63, 3.8) is 0 Å². The van der Waals surface area contributed by atoms with Gasteiger partial charge in [0.1, 0.15) is 5.82 Å². The Morgan fingerprint density at radius 2 is 2.05 bits per heavy atom. The molecule has 4 heteroatoms. The fourth-order valence-electron chi connectivity index (χ4n) is 2.48. The molecular formula is C16H32N4. The summed E-state index contributed by atoms with van der Waals surface area (Å²) in [6.45, 7) is 14.4. The number of aryl methyl sites for hydroxylation is 1. The Hall–Kier alpha value is -0.870. The predicted octanol–water partition coefficient (Wildman–Crippen LogP) is 2.89. The van der Waals surface area contributed by atoms with E-state index in [1.165, 1.54) is 19.4 Å². The Balaban J connectivity index is 2.22. The van der Waals surface area contributed by atoms with Crippen LogP contribution in [0, 0.1) is 0 Å². The molecule has 116 valence electrons. The second-order valence-electron chi connectivity index (χ2n) is 5.49. The summed E-state index contributed by atoms with van der Waals surface area (Å²) in [7, 11) is 0. The van der Waals surface area contributed by atoms with Gasteiger partial charge in [0, 0.05) is 25.0 Å². The highest BCUT2D eigenvalue weighted by atomic mass is 15.1. The zero-order chi connectivity index (χ0) is 14.8. The van der Waals surface area contributed by atoms with E-state index in [0.29, 0.717) is 6.04 Å². The van der Waals surface area contributed by atoms with Crippen LogP contribution in [0.1, 0.15) is 52.8 Å². The van der Waals surface area contributed by atoms with Crippen LogP contribution in [0.15, 0.2) is 12.4 Å². The van der Waals surface area contributed by atoms with Crippen LogP contribution in [0.4, 0.5) is 0 Å². The van der Waals surface area contributed by atoms with Crippen molar-refractivity contribution in [3.05, 3.63) is 18.2 Å². The first kappa shape index (κ1) is 17.2. The number of nitrogens with one attached hydrogen (secondary N) is 1. The summed E-state index contributed by atoms with van der Waals surface area (Å²) in [5, 5.41) is 3.59. The lowest BCUT2D eigenvalue weighted by Crippen LogP contribution is -2.29. The number of imidazole rings is 1. The van der Waals surface area contributed by atoms with Crippen molar-refractivity contribution in [2.75, 3.05) is 19.6 Å². The SMILES string of the molecule is CCCn1ccnc1CNC(C)CCCN(CC)CC. The highest BCUT2D eigenvalue weighted by Gasteiger charge is 2.06. The van der Waals surface area contributed by atoms with Gasteiger partial charge in [0.25, 0.3) is 0 Å². The molecule has 0 aromatic carbocycles. The summed E-state index contributed by atoms with van der Waals surface area (Å²) in [5.41, 5.74) is 0. The van der Waals surface area contributed by atoms with Crippen LogP contribution in [0.3, 0.4) is 0 Å². The maximum absolute atomic E-state index is 4.43. The third-order valence-electron chi connectivity index (χ3n) is 3.88. The van der Waals surface area contributed by atoms with Crippen molar-refractivity contribution < 1.29 is 0 Å². The minimum Gasteiger partial charge on any atom is -0.334 e. The Morgan fingerprint density at radius 3 is 2.70 bits per heavy atom. The summed E-state index contributed by atoms with van der Waals surface area (Å²) in [5.74, 6) is 1.16. The molecule has 1 N–H and O–H groups in total. The van der Waals surface area contributed by atoms with Gasteiger partial charge in [-0.3, -0.25) is 0 Å². The Bertz CT molecular complexity index is 344. The molecule has 0 fully saturated rings. The van der Waals surface area contributed by atoms with Gasteiger partial charge in [-0.15, -0.1) is 0 Å². The highest BCUT2D eigenvalue weighted by Crippen LogP contribution is 2.03. The topological polar surface area (TPSA) is 33.1 Å². The molecule has 1 heterocycles. The van der Waals surface area contributed by atoms with Gasteiger partial charge in [0.05, 0.1) is 6.54 Å². The Morgan fingerprint density at radius 1 is 1.30 bits per heavy atom. The van der Waals surface area contributed by atoms with E-state index in [0.717, 1.165) is 38.4 Å². The average molecular weight is 280 g/mol. The first-order valence-corrected chi connectivity index (χ1v) is 8.16. The molecule has 1 unspecified atom stereocenters. The van der Waals surface area contributed by atoms with Crippen molar-refractivity contribution in [3.8, 4) is 0 Å². The van der Waals surface area contributed by atoms with Gasteiger partial charge in [0.15, 0.2) is 0 Å². The van der Waals surface area contributed by atoms with E-state index in [9.17, 15) is 0 Å². The van der Waals surface area contributed by atoms with Gasteiger partial charge < -0.3 is 14.8 Å². The van der Waals surface area contributed by atoms with Crippen LogP contribution < -0.4 is 5.32 Å². The number of nitrogens with zero attached hydrogens (tertiary/aromatic N) is 3. The Kier molecular flexibility index (Phi) is 8.54. The first-order chi connectivity index (χ1) is 9.71. The first-order valence-electron chi connectivity index (χ1n) is 8.16. The largest absolute Gasteiger partial charge is 0.334 e. The normalized spacial score (nSPS) is 13.1. The van der Waals surface area contributed by atoms with E-state index >= 15 is 0 Å². The molecule has 0 saturated heterocycles. The van der Waals surface area contributed by atoms with Crippen LogP contribution in [-0.4, -0.2) is 40.1 Å². The summed E-state index contributed by atoms with van der Waals surface area (Å²) >= 11 is 0. The number of aromatic nitrogens is 2. The molecule has 0 aliphatic heterocycles. The van der Waals surface area contributed by atoms with Gasteiger partial charge >= 0.3 is 0 Å². The minimum atomic E-state index is 0.553. The molecule has 0 bridgehead atoms. The average Bonchev–Trinajstić information content (AvgIpc) is 2.89. The molecular weight excluding hydrogens is 248 g/mol. The van der Waals surface area contributed by atoms with E-state index in [2.05, 4.69) is 53.7 Å². The quantitative estimate of drug-likeness (QED) is 0.676. The molecule has 1 aromatic heterocycles. The third kappa shape index (κ3) is 6.06. The second kappa shape index (κ2) is 9.94. The van der Waals surface area contributed by atoms with Crippen molar-refractivity contribution in [2.24, 2.45) is 0 Å².